The molecule has 8 nitrogen and oxygen atoms in total. The molecule has 1 aliphatic rings. The van der Waals surface area contributed by atoms with Crippen LogP contribution < -0.4 is 9.46 Å². The van der Waals surface area contributed by atoms with Crippen molar-refractivity contribution in [2.75, 3.05) is 20.2 Å². The smallest absolute Gasteiger partial charge is 0.311 e. The van der Waals surface area contributed by atoms with Crippen molar-refractivity contribution in [1.82, 2.24) is 9.62 Å². The lowest BCUT2D eigenvalue weighted by molar-refractivity contribution is -0.147. The molecule has 2 N–H and O–H groups in total. The van der Waals surface area contributed by atoms with Crippen LogP contribution in [0.15, 0.2) is 29.2 Å². The zero-order valence-corrected chi connectivity index (χ0v) is 16.7. The second kappa shape index (κ2) is 7.85. The number of amides is 1. The average Bonchev–Trinajstić information content (AvgIpc) is 3.03. The molecule has 1 aromatic carbocycles. The SMILES string of the molecule is COc1ccc(S(=O)(=O)N[C@@H](C(=O)N2CC[C@](C)(C(=O)O)C2)C(C)C)cc1. The van der Waals surface area contributed by atoms with E-state index in [-0.39, 0.29) is 23.9 Å². The lowest BCUT2D eigenvalue weighted by Crippen LogP contribution is -2.51. The maximum absolute atomic E-state index is 12.9. The fraction of sp³-hybridized carbons (Fsp3) is 0.556. The van der Waals surface area contributed by atoms with Gasteiger partial charge in [0.1, 0.15) is 11.8 Å². The minimum Gasteiger partial charge on any atom is -0.497 e. The van der Waals surface area contributed by atoms with Crippen LogP contribution in [0.4, 0.5) is 0 Å². The number of carbonyl (C=O) groups excluding carboxylic acids is 1. The lowest BCUT2D eigenvalue weighted by atomic mass is 9.90. The van der Waals surface area contributed by atoms with E-state index in [9.17, 15) is 23.1 Å². The normalized spacial score (nSPS) is 21.3. The Kier molecular flexibility index (Phi) is 6.16. The summed E-state index contributed by atoms with van der Waals surface area (Å²) in [5.74, 6) is -1.15. The lowest BCUT2D eigenvalue weighted by Gasteiger charge is -2.27. The highest BCUT2D eigenvalue weighted by atomic mass is 32.2. The highest BCUT2D eigenvalue weighted by Crippen LogP contribution is 2.31. The van der Waals surface area contributed by atoms with Crippen molar-refractivity contribution in [2.45, 2.75) is 38.1 Å². The van der Waals surface area contributed by atoms with Gasteiger partial charge in [-0.15, -0.1) is 0 Å². The number of hydrogen-bond acceptors (Lipinski definition) is 5. The quantitative estimate of drug-likeness (QED) is 0.716. The number of sulfonamides is 1. The molecule has 1 fully saturated rings. The first-order valence-corrected chi connectivity index (χ1v) is 10.2. The number of nitrogens with zero attached hydrogens (tertiary/aromatic N) is 1. The molecule has 0 aromatic heterocycles. The highest BCUT2D eigenvalue weighted by Gasteiger charge is 2.44. The van der Waals surface area contributed by atoms with Gasteiger partial charge >= 0.3 is 5.97 Å². The predicted octanol–water partition coefficient (Wildman–Crippen LogP) is 1.32. The molecule has 27 heavy (non-hydrogen) atoms. The van der Waals surface area contributed by atoms with Crippen molar-refractivity contribution in [2.24, 2.45) is 11.3 Å². The Labute approximate surface area is 159 Å². The van der Waals surface area contributed by atoms with E-state index in [1.54, 1.807) is 20.8 Å². The zero-order chi connectivity index (χ0) is 20.4. The van der Waals surface area contributed by atoms with Crippen LogP contribution in [0.25, 0.3) is 0 Å². The van der Waals surface area contributed by atoms with Gasteiger partial charge in [0.05, 0.1) is 17.4 Å². The fourth-order valence-electron chi connectivity index (χ4n) is 2.98. The molecule has 2 atom stereocenters. The number of rotatable bonds is 7. The number of benzene rings is 1. The first kappa shape index (κ1) is 21.2. The van der Waals surface area contributed by atoms with E-state index >= 15 is 0 Å². The van der Waals surface area contributed by atoms with Crippen molar-refractivity contribution < 1.29 is 27.9 Å². The Morgan fingerprint density at radius 2 is 1.85 bits per heavy atom. The Morgan fingerprint density at radius 3 is 2.30 bits per heavy atom. The molecule has 150 valence electrons. The van der Waals surface area contributed by atoms with Crippen LogP contribution in [0.3, 0.4) is 0 Å². The van der Waals surface area contributed by atoms with Crippen molar-refractivity contribution in [3.05, 3.63) is 24.3 Å². The first-order valence-electron chi connectivity index (χ1n) is 8.69. The van der Waals surface area contributed by atoms with Gasteiger partial charge in [0.15, 0.2) is 0 Å². The summed E-state index contributed by atoms with van der Waals surface area (Å²) < 4.78 is 32.9. The summed E-state index contributed by atoms with van der Waals surface area (Å²) in [4.78, 5) is 25.7. The summed E-state index contributed by atoms with van der Waals surface area (Å²) in [6, 6.07) is 4.88. The first-order chi connectivity index (χ1) is 12.5. The molecule has 0 radical (unpaired) electrons. The third-order valence-electron chi connectivity index (χ3n) is 4.89. The zero-order valence-electron chi connectivity index (χ0n) is 15.9. The second-order valence-electron chi connectivity index (χ2n) is 7.39. The molecule has 1 aromatic rings. The predicted molar refractivity (Wildman–Crippen MR) is 98.9 cm³/mol. The number of methoxy groups -OCH3 is 1. The molecular formula is C18H26N2O6S. The monoisotopic (exact) mass is 398 g/mol. The van der Waals surface area contributed by atoms with Crippen molar-refractivity contribution >= 4 is 21.9 Å². The number of hydrogen-bond donors (Lipinski definition) is 2. The van der Waals surface area contributed by atoms with E-state index in [2.05, 4.69) is 4.72 Å². The van der Waals surface area contributed by atoms with Crippen LogP contribution in [0.1, 0.15) is 27.2 Å². The number of nitrogens with one attached hydrogen (secondary N) is 1. The topological polar surface area (TPSA) is 113 Å². The van der Waals surface area contributed by atoms with Crippen LogP contribution in [0.2, 0.25) is 0 Å². The van der Waals surface area contributed by atoms with Gasteiger partial charge in [-0.05, 0) is 43.5 Å². The van der Waals surface area contributed by atoms with E-state index in [0.717, 1.165) is 0 Å². The Bertz CT molecular complexity index is 806. The van der Waals surface area contributed by atoms with Gasteiger partial charge in [0.2, 0.25) is 15.9 Å². The molecule has 1 amide bonds. The molecule has 2 rings (SSSR count). The van der Waals surface area contributed by atoms with Gasteiger partial charge in [-0.25, -0.2) is 8.42 Å². The molecule has 9 heteroatoms. The summed E-state index contributed by atoms with van der Waals surface area (Å²) in [5, 5.41) is 9.34. The molecule has 0 aliphatic carbocycles. The van der Waals surface area contributed by atoms with Crippen molar-refractivity contribution in [1.29, 1.82) is 0 Å². The van der Waals surface area contributed by atoms with E-state index < -0.39 is 33.4 Å². The van der Waals surface area contributed by atoms with Crippen LogP contribution in [-0.2, 0) is 19.6 Å². The molecule has 1 saturated heterocycles. The Hall–Kier alpha value is -2.13. The molecule has 0 spiro atoms. The van der Waals surface area contributed by atoms with Gasteiger partial charge in [-0.1, -0.05) is 13.8 Å². The average molecular weight is 398 g/mol. The molecule has 1 aliphatic heterocycles. The third kappa shape index (κ3) is 4.59. The van der Waals surface area contributed by atoms with Gasteiger partial charge in [-0.3, -0.25) is 9.59 Å². The Morgan fingerprint density at radius 1 is 1.26 bits per heavy atom. The van der Waals surface area contributed by atoms with Crippen LogP contribution in [0.5, 0.6) is 5.75 Å². The number of carboxylic acids is 1. The summed E-state index contributed by atoms with van der Waals surface area (Å²) in [5.41, 5.74) is -1.01. The van der Waals surface area contributed by atoms with Gasteiger partial charge in [0, 0.05) is 13.1 Å². The van der Waals surface area contributed by atoms with E-state index in [1.807, 2.05) is 0 Å². The standard InChI is InChI=1S/C18H26N2O6S/c1-12(2)15(16(21)20-10-9-18(3,11-20)17(22)23)19-27(24,25)14-7-5-13(26-4)6-8-14/h5-8,12,15,19H,9-11H2,1-4H3,(H,22,23)/t15-,18+/m1/s1. The highest BCUT2D eigenvalue weighted by molar-refractivity contribution is 7.89. The summed E-state index contributed by atoms with van der Waals surface area (Å²) >= 11 is 0. The third-order valence-corrected chi connectivity index (χ3v) is 6.34. The number of carbonyl (C=O) groups is 2. The number of aliphatic carboxylic acids is 1. The maximum atomic E-state index is 12.9. The summed E-state index contributed by atoms with van der Waals surface area (Å²) in [6.45, 7) is 5.43. The number of carboxylic acid groups (broad SMARTS) is 1. The minimum absolute atomic E-state index is 0.0264. The van der Waals surface area contributed by atoms with Gasteiger partial charge < -0.3 is 14.7 Å². The summed E-state index contributed by atoms with van der Waals surface area (Å²) in [6.07, 6.45) is 0.337. The Balaban J connectivity index is 2.19. The molecule has 0 saturated carbocycles. The minimum atomic E-state index is -3.92. The molecule has 1 heterocycles. The number of likely N-dealkylation sites (tertiary alicyclic amines) is 1. The van der Waals surface area contributed by atoms with E-state index in [4.69, 9.17) is 4.74 Å². The van der Waals surface area contributed by atoms with Crippen LogP contribution in [-0.4, -0.2) is 56.5 Å². The van der Waals surface area contributed by atoms with E-state index in [1.165, 1.54) is 36.3 Å². The van der Waals surface area contributed by atoms with Crippen molar-refractivity contribution in [3.63, 3.8) is 0 Å². The van der Waals surface area contributed by atoms with Gasteiger partial charge in [0.25, 0.3) is 0 Å². The van der Waals surface area contributed by atoms with E-state index in [0.29, 0.717) is 12.2 Å². The largest absolute Gasteiger partial charge is 0.497 e. The molecular weight excluding hydrogens is 372 g/mol. The second-order valence-corrected chi connectivity index (χ2v) is 9.11. The van der Waals surface area contributed by atoms with Crippen molar-refractivity contribution in [3.8, 4) is 5.75 Å². The van der Waals surface area contributed by atoms with Crippen LogP contribution in [0, 0.1) is 11.3 Å². The summed E-state index contributed by atoms with van der Waals surface area (Å²) in [7, 11) is -2.44. The fourth-order valence-corrected chi connectivity index (χ4v) is 4.32. The van der Waals surface area contributed by atoms with Gasteiger partial charge in [-0.2, -0.15) is 4.72 Å². The maximum Gasteiger partial charge on any atom is 0.311 e. The molecule has 0 unspecified atom stereocenters. The number of ether oxygens (including phenoxy) is 1. The molecule has 0 bridgehead atoms. The van der Waals surface area contributed by atoms with Crippen LogP contribution >= 0.6 is 0 Å².